The van der Waals surface area contributed by atoms with Crippen LogP contribution in [-0.2, 0) is 10.2 Å². The van der Waals surface area contributed by atoms with Gasteiger partial charge in [-0.05, 0) is 48.2 Å². The highest BCUT2D eigenvalue weighted by Gasteiger charge is 2.17. The third-order valence-electron chi connectivity index (χ3n) is 4.88. The Balaban J connectivity index is 1.69. The summed E-state index contributed by atoms with van der Waals surface area (Å²) in [5.41, 5.74) is 2.83. The number of amides is 1. The average Bonchev–Trinajstić information content (AvgIpc) is 2.73. The molecule has 0 aliphatic carbocycles. The zero-order valence-electron chi connectivity index (χ0n) is 18.1. The van der Waals surface area contributed by atoms with Crippen LogP contribution in [-0.4, -0.2) is 17.8 Å². The molecule has 0 unspecified atom stereocenters. The van der Waals surface area contributed by atoms with Crippen LogP contribution in [0.1, 0.15) is 49.2 Å². The third-order valence-corrected chi connectivity index (χ3v) is 5.12. The molecule has 160 valence electrons. The van der Waals surface area contributed by atoms with Crippen LogP contribution in [0, 0.1) is 0 Å². The maximum absolute atomic E-state index is 12.9. The lowest BCUT2D eigenvalue weighted by atomic mass is 9.86. The number of ether oxygens (including phenoxy) is 1. The van der Waals surface area contributed by atoms with Crippen LogP contribution < -0.4 is 10.1 Å². The van der Waals surface area contributed by atoms with Gasteiger partial charge < -0.3 is 10.1 Å². The van der Waals surface area contributed by atoms with E-state index in [9.17, 15) is 9.59 Å². The first kappa shape index (κ1) is 22.6. The summed E-state index contributed by atoms with van der Waals surface area (Å²) in [6, 6.07) is 21.4. The molecule has 3 rings (SSSR count). The molecular weight excluding hydrogens is 410 g/mol. The van der Waals surface area contributed by atoms with Crippen molar-refractivity contribution in [2.75, 3.05) is 5.32 Å². The fourth-order valence-corrected chi connectivity index (χ4v) is 3.25. The minimum absolute atomic E-state index is 0.0234. The van der Waals surface area contributed by atoms with E-state index in [0.29, 0.717) is 27.6 Å². The van der Waals surface area contributed by atoms with Gasteiger partial charge in [0.15, 0.2) is 11.9 Å². The number of halogens is 1. The molecule has 1 amide bonds. The first-order valence-electron chi connectivity index (χ1n) is 10.1. The molecule has 1 atom stereocenters. The van der Waals surface area contributed by atoms with Gasteiger partial charge in [-0.25, -0.2) is 0 Å². The Labute approximate surface area is 188 Å². The van der Waals surface area contributed by atoms with Crippen molar-refractivity contribution in [1.29, 1.82) is 0 Å². The minimum Gasteiger partial charge on any atom is -0.481 e. The van der Waals surface area contributed by atoms with Crippen LogP contribution in [0.4, 0.5) is 5.69 Å². The van der Waals surface area contributed by atoms with E-state index in [2.05, 4.69) is 26.1 Å². The topological polar surface area (TPSA) is 55.4 Å². The Morgan fingerprint density at radius 2 is 1.58 bits per heavy atom. The zero-order chi connectivity index (χ0) is 22.6. The predicted octanol–water partition coefficient (Wildman–Crippen LogP) is 6.27. The van der Waals surface area contributed by atoms with E-state index in [1.807, 2.05) is 24.3 Å². The van der Waals surface area contributed by atoms with Gasteiger partial charge >= 0.3 is 0 Å². The van der Waals surface area contributed by atoms with Gasteiger partial charge in [-0.3, -0.25) is 9.59 Å². The van der Waals surface area contributed by atoms with Gasteiger partial charge in [0.1, 0.15) is 5.75 Å². The first-order valence-corrected chi connectivity index (χ1v) is 10.5. The summed E-state index contributed by atoms with van der Waals surface area (Å²) >= 11 is 5.95. The Kier molecular flexibility index (Phi) is 6.81. The lowest BCUT2D eigenvalue weighted by molar-refractivity contribution is -0.122. The van der Waals surface area contributed by atoms with Crippen molar-refractivity contribution < 1.29 is 14.3 Å². The fourth-order valence-electron chi connectivity index (χ4n) is 3.07. The summed E-state index contributed by atoms with van der Waals surface area (Å²) in [6.07, 6.45) is -0.734. The minimum atomic E-state index is -0.734. The molecule has 0 aromatic heterocycles. The lowest BCUT2D eigenvalue weighted by Gasteiger charge is -2.19. The molecule has 0 bridgehead atoms. The van der Waals surface area contributed by atoms with Crippen molar-refractivity contribution in [3.63, 3.8) is 0 Å². The number of ketones is 1. The molecule has 3 aromatic rings. The number of carbonyl (C=O) groups is 2. The molecule has 0 aliphatic heterocycles. The Bertz CT molecular complexity index is 1080. The number of hydrogen-bond donors (Lipinski definition) is 1. The van der Waals surface area contributed by atoms with Crippen molar-refractivity contribution in [3.05, 3.63) is 94.5 Å². The van der Waals surface area contributed by atoms with Gasteiger partial charge in [-0.1, -0.05) is 74.8 Å². The van der Waals surface area contributed by atoms with Gasteiger partial charge in [-0.15, -0.1) is 0 Å². The SMILES string of the molecule is C[C@H](Oc1cccc(Cl)c1)C(=O)Nc1cccc(C(=O)c2ccc(C(C)(C)C)cc2)c1. The van der Waals surface area contributed by atoms with E-state index in [1.165, 1.54) is 5.56 Å². The summed E-state index contributed by atoms with van der Waals surface area (Å²) in [6.45, 7) is 8.05. The van der Waals surface area contributed by atoms with E-state index in [1.54, 1.807) is 55.5 Å². The molecule has 0 radical (unpaired) electrons. The second-order valence-corrected chi connectivity index (χ2v) is 8.88. The second-order valence-electron chi connectivity index (χ2n) is 8.44. The molecule has 0 spiro atoms. The predicted molar refractivity (Wildman–Crippen MR) is 125 cm³/mol. The highest BCUT2D eigenvalue weighted by Crippen LogP contribution is 2.24. The smallest absolute Gasteiger partial charge is 0.265 e. The molecule has 0 fully saturated rings. The van der Waals surface area contributed by atoms with Crippen LogP contribution in [0.5, 0.6) is 5.75 Å². The Morgan fingerprint density at radius 1 is 0.903 bits per heavy atom. The fraction of sp³-hybridized carbons (Fsp3) is 0.231. The van der Waals surface area contributed by atoms with Crippen LogP contribution in [0.25, 0.3) is 0 Å². The maximum atomic E-state index is 12.9. The highest BCUT2D eigenvalue weighted by atomic mass is 35.5. The quantitative estimate of drug-likeness (QED) is 0.464. The standard InChI is InChI=1S/C26H26ClNO3/c1-17(31-23-10-6-8-21(27)16-23)25(30)28-22-9-5-7-19(15-22)24(29)18-11-13-20(14-12-18)26(2,3)4/h5-17H,1-4H3,(H,28,30)/t17-/m0/s1. The van der Waals surface area contributed by atoms with Gasteiger partial charge in [0, 0.05) is 21.8 Å². The van der Waals surface area contributed by atoms with Gasteiger partial charge in [0.25, 0.3) is 5.91 Å². The average molecular weight is 436 g/mol. The van der Waals surface area contributed by atoms with Gasteiger partial charge in [0.2, 0.25) is 0 Å². The molecule has 0 heterocycles. The highest BCUT2D eigenvalue weighted by molar-refractivity contribution is 6.30. The van der Waals surface area contributed by atoms with Crippen molar-refractivity contribution in [1.82, 2.24) is 0 Å². The van der Waals surface area contributed by atoms with Crippen LogP contribution >= 0.6 is 11.6 Å². The number of benzene rings is 3. The number of rotatable bonds is 6. The lowest BCUT2D eigenvalue weighted by Crippen LogP contribution is -2.30. The summed E-state index contributed by atoms with van der Waals surface area (Å²) in [5.74, 6) is 0.0941. The van der Waals surface area contributed by atoms with E-state index >= 15 is 0 Å². The monoisotopic (exact) mass is 435 g/mol. The molecule has 0 saturated carbocycles. The molecule has 0 saturated heterocycles. The normalized spacial score (nSPS) is 12.2. The number of carbonyl (C=O) groups excluding carboxylic acids is 2. The van der Waals surface area contributed by atoms with E-state index in [-0.39, 0.29) is 17.1 Å². The zero-order valence-corrected chi connectivity index (χ0v) is 18.9. The summed E-state index contributed by atoms with van der Waals surface area (Å²) < 4.78 is 5.65. The van der Waals surface area contributed by atoms with Crippen molar-refractivity contribution in [2.24, 2.45) is 0 Å². The van der Waals surface area contributed by atoms with Crippen LogP contribution in [0.3, 0.4) is 0 Å². The van der Waals surface area contributed by atoms with Crippen LogP contribution in [0.2, 0.25) is 5.02 Å². The van der Waals surface area contributed by atoms with Crippen molar-refractivity contribution in [2.45, 2.75) is 39.2 Å². The molecular formula is C26H26ClNO3. The van der Waals surface area contributed by atoms with Gasteiger partial charge in [0.05, 0.1) is 0 Å². The molecule has 5 heteroatoms. The van der Waals surface area contributed by atoms with Gasteiger partial charge in [-0.2, -0.15) is 0 Å². The molecule has 31 heavy (non-hydrogen) atoms. The summed E-state index contributed by atoms with van der Waals surface area (Å²) in [7, 11) is 0. The largest absolute Gasteiger partial charge is 0.481 e. The third kappa shape index (κ3) is 5.96. The second kappa shape index (κ2) is 9.36. The Hall–Kier alpha value is -3.11. The number of nitrogens with one attached hydrogen (secondary N) is 1. The van der Waals surface area contributed by atoms with Crippen molar-refractivity contribution in [3.8, 4) is 5.75 Å². The van der Waals surface area contributed by atoms with E-state index < -0.39 is 6.10 Å². The van der Waals surface area contributed by atoms with E-state index in [4.69, 9.17) is 16.3 Å². The maximum Gasteiger partial charge on any atom is 0.265 e. The van der Waals surface area contributed by atoms with Crippen molar-refractivity contribution >= 4 is 29.0 Å². The molecule has 3 aromatic carbocycles. The number of hydrogen-bond acceptors (Lipinski definition) is 3. The molecule has 1 N–H and O–H groups in total. The molecule has 0 aliphatic rings. The summed E-state index contributed by atoms with van der Waals surface area (Å²) in [4.78, 5) is 25.4. The number of anilines is 1. The van der Waals surface area contributed by atoms with Crippen LogP contribution in [0.15, 0.2) is 72.8 Å². The summed E-state index contributed by atoms with van der Waals surface area (Å²) in [5, 5.41) is 3.34. The Morgan fingerprint density at radius 3 is 2.23 bits per heavy atom. The first-order chi connectivity index (χ1) is 14.6. The molecule has 4 nitrogen and oxygen atoms in total. The van der Waals surface area contributed by atoms with E-state index in [0.717, 1.165) is 0 Å².